The third-order valence-corrected chi connectivity index (χ3v) is 13.3. The molecule has 0 bridgehead atoms. The molecule has 0 spiro atoms. The highest BCUT2D eigenvalue weighted by molar-refractivity contribution is 8.26. The van der Waals surface area contributed by atoms with Crippen LogP contribution in [-0.2, 0) is 0 Å². The minimum Gasteiger partial charge on any atom is -0.157 e. The van der Waals surface area contributed by atoms with Gasteiger partial charge in [0.1, 0.15) is 0 Å². The number of hydrogen-bond acceptors (Lipinski definition) is 0. The van der Waals surface area contributed by atoms with Gasteiger partial charge in [-0.3, -0.25) is 0 Å². The second-order valence-corrected chi connectivity index (χ2v) is 13.6. The van der Waals surface area contributed by atoms with Crippen molar-refractivity contribution in [1.82, 2.24) is 0 Å². The molecular weight excluding hydrogens is 474 g/mol. The van der Waals surface area contributed by atoms with Gasteiger partial charge in [-0.25, -0.2) is 0 Å². The molecule has 6 aromatic rings. The number of benzene rings is 6. The molecule has 0 saturated heterocycles. The Labute approximate surface area is 226 Å². The summed E-state index contributed by atoms with van der Waals surface area (Å²) in [4.78, 5) is 0. The summed E-state index contributed by atoms with van der Waals surface area (Å²) in [5.41, 5.74) is 4.07. The second-order valence-electron chi connectivity index (χ2n) is 9.78. The fraction of sp³-hybridized carbons (Fsp3) is 0. The first-order valence-electron chi connectivity index (χ1n) is 13.3. The van der Waals surface area contributed by atoms with E-state index in [1.54, 1.807) is 0 Å². The van der Waals surface area contributed by atoms with Gasteiger partial charge in [-0.15, -0.1) is 0 Å². The highest BCUT2D eigenvalue weighted by atomic mass is 31.2. The van der Waals surface area contributed by atoms with Crippen LogP contribution in [0.5, 0.6) is 0 Å². The van der Waals surface area contributed by atoms with E-state index in [9.17, 15) is 0 Å². The Kier molecular flexibility index (Phi) is 6.78. The maximum atomic E-state index is 2.36. The Balaban J connectivity index is 1.93. The van der Waals surface area contributed by atoms with Gasteiger partial charge in [-0.1, -0.05) is 146 Å². The van der Waals surface area contributed by atoms with Gasteiger partial charge >= 0.3 is 0 Å². The summed E-state index contributed by atoms with van der Waals surface area (Å²) in [5, 5.41) is 4.15. The molecule has 0 saturated carbocycles. The van der Waals surface area contributed by atoms with Gasteiger partial charge in [-0.2, -0.15) is 16.4 Å². The van der Waals surface area contributed by atoms with Crippen LogP contribution in [0.25, 0.3) is 0 Å². The minimum absolute atomic E-state index is 1.36. The first kappa shape index (κ1) is 24.2. The van der Waals surface area contributed by atoms with Crippen LogP contribution in [0.4, 0.5) is 0 Å². The summed E-state index contributed by atoms with van der Waals surface area (Å²) in [6, 6.07) is 67.5. The zero-order valence-electron chi connectivity index (χ0n) is 21.3. The molecule has 0 amide bonds. The molecule has 0 aromatic heterocycles. The zero-order chi connectivity index (χ0) is 25.7. The topological polar surface area (TPSA) is 0 Å². The van der Waals surface area contributed by atoms with Crippen LogP contribution in [-0.4, -0.2) is 5.87 Å². The number of hydrogen-bond donors (Lipinski definition) is 0. The van der Waals surface area contributed by atoms with Gasteiger partial charge < -0.3 is 0 Å². The zero-order valence-corrected chi connectivity index (χ0v) is 22.2. The van der Waals surface area contributed by atoms with Crippen LogP contribution in [0.3, 0.4) is 0 Å². The lowest BCUT2D eigenvalue weighted by Crippen LogP contribution is -2.73. The third kappa shape index (κ3) is 3.83. The molecule has 38 heavy (non-hydrogen) atoms. The first-order chi connectivity index (χ1) is 18.9. The molecule has 0 fully saturated rings. The van der Waals surface area contributed by atoms with Crippen molar-refractivity contribution >= 4 is 45.3 Å². The Hall–Kier alpha value is -4.19. The molecule has 0 unspecified atom stereocenters. The molecule has 0 atom stereocenters. The molecule has 0 aliphatic rings. The lowest BCUT2D eigenvalue weighted by atomic mass is 9.34. The van der Waals surface area contributed by atoms with Crippen LogP contribution in [0.2, 0.25) is 0 Å². The summed E-state index contributed by atoms with van der Waals surface area (Å²) < 4.78 is 0. The van der Waals surface area contributed by atoms with Crippen molar-refractivity contribution in [3.8, 4) is 0 Å². The fourth-order valence-corrected chi connectivity index (χ4v) is 12.6. The van der Waals surface area contributed by atoms with Crippen molar-refractivity contribution in [2.24, 2.45) is 0 Å². The molecule has 0 N–H and O–H groups in total. The minimum atomic E-state index is -2.40. The second kappa shape index (κ2) is 10.7. The Morgan fingerprint density at radius 3 is 0.711 bits per heavy atom. The quantitative estimate of drug-likeness (QED) is 0.195. The lowest BCUT2D eigenvalue weighted by Gasteiger charge is -2.52. The molecule has 0 nitrogen and oxygen atoms in total. The normalized spacial score (nSPS) is 11.7. The van der Waals surface area contributed by atoms with E-state index in [-0.39, 0.29) is 0 Å². The van der Waals surface area contributed by atoms with Crippen molar-refractivity contribution < 1.29 is 0 Å². The van der Waals surface area contributed by atoms with E-state index in [0.29, 0.717) is 0 Å². The Morgan fingerprint density at radius 2 is 0.474 bits per heavy atom. The predicted molar refractivity (Wildman–Crippen MR) is 169 cm³/mol. The Morgan fingerprint density at radius 1 is 0.263 bits per heavy atom. The van der Waals surface area contributed by atoms with E-state index in [1.807, 2.05) is 0 Å². The summed E-state index contributed by atoms with van der Waals surface area (Å²) in [7, 11) is -2.40. The first-order valence-corrected chi connectivity index (χ1v) is 15.1. The highest BCUT2D eigenvalue weighted by Crippen LogP contribution is 2.62. The average molecular weight is 504 g/mol. The van der Waals surface area contributed by atoms with Crippen molar-refractivity contribution in [3.63, 3.8) is 0 Å². The maximum absolute atomic E-state index is 2.40. The Bertz CT molecular complexity index is 1250. The van der Waals surface area contributed by atoms with Crippen LogP contribution < -0.4 is 32.3 Å². The molecule has 6 rings (SSSR count). The van der Waals surface area contributed by atoms with Crippen LogP contribution in [0.15, 0.2) is 182 Å². The van der Waals surface area contributed by atoms with Crippen LogP contribution in [0, 0.1) is 0 Å². The lowest BCUT2D eigenvalue weighted by molar-refractivity contribution is 1.69. The summed E-state index contributed by atoms with van der Waals surface area (Å²) in [6.45, 7) is 0. The summed E-state index contributed by atoms with van der Waals surface area (Å²) >= 11 is 0. The molecule has 0 heterocycles. The molecular formula is C36H30BP. The largest absolute Gasteiger partial charge is 0.262 e. The van der Waals surface area contributed by atoms with Crippen molar-refractivity contribution in [2.45, 2.75) is 0 Å². The molecule has 182 valence electrons. The molecule has 0 aliphatic heterocycles. The molecule has 0 aliphatic carbocycles. The van der Waals surface area contributed by atoms with Gasteiger partial charge in [0.25, 0.3) is 5.87 Å². The van der Waals surface area contributed by atoms with Gasteiger partial charge in [0.15, 0.2) is 0 Å². The van der Waals surface area contributed by atoms with E-state index < -0.39 is 13.0 Å². The number of rotatable bonds is 7. The predicted octanol–water partition coefficient (Wildman–Crippen LogP) is 5.65. The van der Waals surface area contributed by atoms with Crippen molar-refractivity contribution in [2.75, 3.05) is 0 Å². The maximum Gasteiger partial charge on any atom is 0.262 e. The molecule has 6 aromatic carbocycles. The molecule has 2 heteroatoms. The van der Waals surface area contributed by atoms with E-state index in [0.717, 1.165) is 0 Å². The van der Waals surface area contributed by atoms with E-state index in [1.165, 1.54) is 32.3 Å². The fourth-order valence-electron chi connectivity index (χ4n) is 6.55. The van der Waals surface area contributed by atoms with Gasteiger partial charge in [0.05, 0.1) is 15.9 Å². The van der Waals surface area contributed by atoms with E-state index in [2.05, 4.69) is 182 Å². The van der Waals surface area contributed by atoms with Crippen molar-refractivity contribution in [1.29, 1.82) is 0 Å². The third-order valence-electron chi connectivity index (χ3n) is 7.92. The van der Waals surface area contributed by atoms with Crippen LogP contribution >= 0.6 is 7.14 Å². The summed E-state index contributed by atoms with van der Waals surface area (Å²) in [6.07, 6.45) is 0. The smallest absolute Gasteiger partial charge is 0.157 e. The molecule has 0 radical (unpaired) electrons. The van der Waals surface area contributed by atoms with Gasteiger partial charge in [0, 0.05) is 0 Å². The van der Waals surface area contributed by atoms with Crippen molar-refractivity contribution in [3.05, 3.63) is 182 Å². The van der Waals surface area contributed by atoms with Crippen LogP contribution in [0.1, 0.15) is 0 Å². The SMILES string of the molecule is c1ccc([B-](c2ccccc2)(c2ccccc2)[P+](c2ccccc2)(c2ccccc2)c2ccccc2)cc1. The van der Waals surface area contributed by atoms with Gasteiger partial charge in [-0.05, 0) is 43.5 Å². The van der Waals surface area contributed by atoms with Gasteiger partial charge in [0.2, 0.25) is 0 Å². The standard InChI is InChI=1S/C36H30BP/c1-7-19-31(20-8-1)37(32-21-9-2-10-22-32,33-23-11-3-12-24-33)38(34-25-13-4-14-26-34,35-27-15-5-16-28-35)36-29-17-6-18-30-36/h1-30H. The monoisotopic (exact) mass is 504 g/mol. The highest BCUT2D eigenvalue weighted by Gasteiger charge is 2.59. The van der Waals surface area contributed by atoms with E-state index in [4.69, 9.17) is 0 Å². The van der Waals surface area contributed by atoms with E-state index >= 15 is 0 Å². The average Bonchev–Trinajstić information content (AvgIpc) is 3.02. The summed E-state index contributed by atoms with van der Waals surface area (Å²) in [5.74, 6) is -1.53.